The Morgan fingerprint density at radius 1 is 1.24 bits per heavy atom. The molecule has 0 aliphatic rings. The van der Waals surface area contributed by atoms with Gasteiger partial charge in [0.15, 0.2) is 0 Å². The number of hydrogen-bond acceptors (Lipinski definition) is 6. The van der Waals surface area contributed by atoms with Crippen molar-refractivity contribution in [3.63, 3.8) is 0 Å². The molecule has 0 aliphatic heterocycles. The van der Waals surface area contributed by atoms with Gasteiger partial charge in [-0.1, -0.05) is 0 Å². The predicted molar refractivity (Wildman–Crippen MR) is 98.2 cm³/mol. The summed E-state index contributed by atoms with van der Waals surface area (Å²) >= 11 is 3.16. The van der Waals surface area contributed by atoms with Crippen LogP contribution in [-0.2, 0) is 4.74 Å². The molecule has 0 aliphatic carbocycles. The molecule has 2 rings (SSSR count). The number of amides is 1. The number of hydrogen-bond donors (Lipinski definition) is 2. The fourth-order valence-electron chi connectivity index (χ4n) is 1.86. The molecule has 1 amide bonds. The first-order chi connectivity index (χ1) is 11.6. The second-order valence-corrected chi connectivity index (χ2v) is 7.02. The van der Waals surface area contributed by atoms with Crippen LogP contribution in [-0.4, -0.2) is 21.6 Å². The van der Waals surface area contributed by atoms with Crippen LogP contribution in [0.15, 0.2) is 41.0 Å². The molecule has 132 valence electrons. The van der Waals surface area contributed by atoms with Gasteiger partial charge in [-0.2, -0.15) is 0 Å². The molecule has 2 aromatic rings. The maximum absolute atomic E-state index is 11.7. The van der Waals surface area contributed by atoms with Gasteiger partial charge in [-0.05, 0) is 61.0 Å². The number of ether oxygens (including phenoxy) is 1. The van der Waals surface area contributed by atoms with E-state index in [4.69, 9.17) is 4.74 Å². The summed E-state index contributed by atoms with van der Waals surface area (Å²) < 4.78 is 5.68. The van der Waals surface area contributed by atoms with Crippen molar-refractivity contribution in [1.29, 1.82) is 0 Å². The summed E-state index contributed by atoms with van der Waals surface area (Å²) in [4.78, 5) is 26.3. The van der Waals surface area contributed by atoms with Gasteiger partial charge in [0, 0.05) is 28.1 Å². The number of halogens is 1. The number of nitrogens with zero attached hydrogens (tertiary/aromatic N) is 2. The molecule has 25 heavy (non-hydrogen) atoms. The molecule has 0 unspecified atom stereocenters. The van der Waals surface area contributed by atoms with Crippen LogP contribution in [0.1, 0.15) is 20.8 Å². The van der Waals surface area contributed by atoms with Crippen molar-refractivity contribution >= 4 is 44.9 Å². The Balaban J connectivity index is 2.09. The first-order valence-corrected chi connectivity index (χ1v) is 8.10. The normalized spacial score (nSPS) is 10.9. The van der Waals surface area contributed by atoms with Crippen molar-refractivity contribution in [2.45, 2.75) is 26.4 Å². The van der Waals surface area contributed by atoms with Gasteiger partial charge in [-0.25, -0.2) is 9.78 Å². The molecule has 9 heteroatoms. The zero-order chi connectivity index (χ0) is 18.6. The van der Waals surface area contributed by atoms with E-state index < -0.39 is 16.6 Å². The highest BCUT2D eigenvalue weighted by atomic mass is 79.9. The Labute approximate surface area is 152 Å². The number of carbonyl (C=O) groups excluding carboxylic acids is 1. The number of nitrogens with one attached hydrogen (secondary N) is 2. The molecule has 1 aromatic carbocycles. The number of aromatic nitrogens is 1. The van der Waals surface area contributed by atoms with E-state index in [1.165, 1.54) is 12.3 Å². The van der Waals surface area contributed by atoms with Crippen LogP contribution < -0.4 is 10.6 Å². The monoisotopic (exact) mass is 408 g/mol. The molecule has 0 atom stereocenters. The highest BCUT2D eigenvalue weighted by molar-refractivity contribution is 9.10. The van der Waals surface area contributed by atoms with Gasteiger partial charge in [-0.3, -0.25) is 15.4 Å². The largest absolute Gasteiger partial charge is 0.444 e. The van der Waals surface area contributed by atoms with Crippen molar-refractivity contribution in [2.24, 2.45) is 0 Å². The number of rotatable bonds is 4. The van der Waals surface area contributed by atoms with Gasteiger partial charge in [0.25, 0.3) is 0 Å². The van der Waals surface area contributed by atoms with Crippen LogP contribution in [0.2, 0.25) is 0 Å². The molecule has 0 saturated heterocycles. The van der Waals surface area contributed by atoms with Crippen LogP contribution in [0.5, 0.6) is 0 Å². The Kier molecular flexibility index (Phi) is 5.58. The minimum atomic E-state index is -0.586. The van der Waals surface area contributed by atoms with Crippen LogP contribution >= 0.6 is 15.9 Å². The first kappa shape index (κ1) is 18.7. The van der Waals surface area contributed by atoms with E-state index in [1.807, 2.05) is 0 Å². The van der Waals surface area contributed by atoms with Gasteiger partial charge < -0.3 is 10.1 Å². The maximum atomic E-state index is 11.7. The van der Waals surface area contributed by atoms with Gasteiger partial charge in [0.05, 0.1) is 4.92 Å². The third-order valence-corrected chi connectivity index (χ3v) is 3.26. The average Bonchev–Trinajstić information content (AvgIpc) is 2.49. The van der Waals surface area contributed by atoms with Crippen LogP contribution in [0.3, 0.4) is 0 Å². The summed E-state index contributed by atoms with van der Waals surface area (Å²) in [6, 6.07) is 8.00. The lowest BCUT2D eigenvalue weighted by molar-refractivity contribution is -0.384. The molecule has 0 radical (unpaired) electrons. The molecule has 2 N–H and O–H groups in total. The summed E-state index contributed by atoms with van der Waals surface area (Å²) in [7, 11) is 0. The van der Waals surface area contributed by atoms with Gasteiger partial charge in [0.2, 0.25) is 5.82 Å². The lowest BCUT2D eigenvalue weighted by Gasteiger charge is -2.19. The molecule has 1 aromatic heterocycles. The molecule has 0 spiro atoms. The fraction of sp³-hybridized carbons (Fsp3) is 0.250. The average molecular weight is 409 g/mol. The molecule has 0 saturated carbocycles. The highest BCUT2D eigenvalue weighted by Gasteiger charge is 2.17. The quantitative estimate of drug-likeness (QED) is 0.553. The molecular weight excluding hydrogens is 392 g/mol. The number of pyridine rings is 1. The molecule has 0 fully saturated rings. The van der Waals surface area contributed by atoms with Gasteiger partial charge >= 0.3 is 11.8 Å². The molecule has 8 nitrogen and oxygen atoms in total. The van der Waals surface area contributed by atoms with Gasteiger partial charge in [0.1, 0.15) is 5.60 Å². The van der Waals surface area contributed by atoms with E-state index in [0.29, 0.717) is 15.8 Å². The summed E-state index contributed by atoms with van der Waals surface area (Å²) in [5, 5.41) is 16.6. The van der Waals surface area contributed by atoms with E-state index in [9.17, 15) is 14.9 Å². The second-order valence-electron chi connectivity index (χ2n) is 6.11. The zero-order valence-electron chi connectivity index (χ0n) is 13.9. The third kappa shape index (κ3) is 5.71. The summed E-state index contributed by atoms with van der Waals surface area (Å²) in [6.07, 6.45) is 0.909. The third-order valence-electron chi connectivity index (χ3n) is 2.82. The van der Waals surface area contributed by atoms with E-state index in [-0.39, 0.29) is 11.5 Å². The summed E-state index contributed by atoms with van der Waals surface area (Å²) in [6.45, 7) is 5.33. The summed E-state index contributed by atoms with van der Waals surface area (Å²) in [5.41, 5.74) is 0.397. The lowest BCUT2D eigenvalue weighted by Crippen LogP contribution is -2.27. The Morgan fingerprint density at radius 3 is 2.40 bits per heavy atom. The lowest BCUT2D eigenvalue weighted by atomic mass is 10.2. The molecule has 1 heterocycles. The second kappa shape index (κ2) is 7.47. The minimum Gasteiger partial charge on any atom is -0.444 e. The fourth-order valence-corrected chi connectivity index (χ4v) is 2.18. The SMILES string of the molecule is CC(C)(C)OC(=O)Nc1ccc(Nc2ncc(Br)cc2[N+](=O)[O-])cc1. The Bertz CT molecular complexity index is 788. The standard InChI is InChI=1S/C16H17BrN4O4/c1-16(2,3)25-15(22)20-12-6-4-11(5-7-12)19-14-13(21(23)24)8-10(17)9-18-14/h4-9H,1-3H3,(H,18,19)(H,20,22). The molecule has 0 bridgehead atoms. The van der Waals surface area contributed by atoms with E-state index in [2.05, 4.69) is 31.5 Å². The van der Waals surface area contributed by atoms with Crippen molar-refractivity contribution in [3.05, 3.63) is 51.1 Å². The van der Waals surface area contributed by atoms with Crippen molar-refractivity contribution in [2.75, 3.05) is 10.6 Å². The smallest absolute Gasteiger partial charge is 0.412 e. The van der Waals surface area contributed by atoms with Crippen molar-refractivity contribution < 1.29 is 14.5 Å². The molecular formula is C16H17BrN4O4. The maximum Gasteiger partial charge on any atom is 0.412 e. The summed E-state index contributed by atoms with van der Waals surface area (Å²) in [5.74, 6) is 0.126. The van der Waals surface area contributed by atoms with Gasteiger partial charge in [-0.15, -0.1) is 0 Å². The topological polar surface area (TPSA) is 106 Å². The number of carbonyl (C=O) groups is 1. The Morgan fingerprint density at radius 2 is 1.84 bits per heavy atom. The van der Waals surface area contributed by atoms with E-state index in [1.54, 1.807) is 45.0 Å². The van der Waals surface area contributed by atoms with Crippen molar-refractivity contribution in [3.8, 4) is 0 Å². The first-order valence-electron chi connectivity index (χ1n) is 7.31. The number of anilines is 3. The van der Waals surface area contributed by atoms with Crippen LogP contribution in [0, 0.1) is 10.1 Å². The van der Waals surface area contributed by atoms with Crippen molar-refractivity contribution in [1.82, 2.24) is 4.98 Å². The zero-order valence-corrected chi connectivity index (χ0v) is 15.5. The van der Waals surface area contributed by atoms with E-state index >= 15 is 0 Å². The minimum absolute atomic E-state index is 0.126. The highest BCUT2D eigenvalue weighted by Crippen LogP contribution is 2.28. The number of benzene rings is 1. The Hall–Kier alpha value is -2.68. The number of nitro groups is 1. The van der Waals surface area contributed by atoms with E-state index in [0.717, 1.165) is 0 Å². The van der Waals surface area contributed by atoms with Crippen LogP contribution in [0.25, 0.3) is 0 Å². The van der Waals surface area contributed by atoms with Crippen LogP contribution in [0.4, 0.5) is 27.7 Å². The predicted octanol–water partition coefficient (Wildman–Crippen LogP) is 4.84.